The standard InChI is InChI=1S/C27H35N3O3/c1-17(2)19-8-11-21(12-9-19)28-27-29-23-15-20(10-13-26(31)32)25(33-4)16-24(23)30(27)22-7-5-6-18(3)14-22/h8-9,11-12,15-18,22H,5-7,10,13-14H2,1-4H3,(H,28,29)(H,31,32)/t18?,22-/m0/s1. The highest BCUT2D eigenvalue weighted by Crippen LogP contribution is 2.39. The normalized spacial score (nSPS) is 18.6. The van der Waals surface area contributed by atoms with Gasteiger partial charge in [0.15, 0.2) is 0 Å². The van der Waals surface area contributed by atoms with Crippen LogP contribution in [-0.4, -0.2) is 27.7 Å². The van der Waals surface area contributed by atoms with Crippen LogP contribution in [0, 0.1) is 5.92 Å². The number of methoxy groups -OCH3 is 1. The molecule has 1 unspecified atom stereocenters. The minimum atomic E-state index is -0.814. The van der Waals surface area contributed by atoms with Crippen LogP contribution in [0.4, 0.5) is 11.6 Å². The molecule has 176 valence electrons. The quantitative estimate of drug-likeness (QED) is 0.401. The first-order chi connectivity index (χ1) is 15.9. The van der Waals surface area contributed by atoms with Crippen LogP contribution in [0.15, 0.2) is 36.4 Å². The molecule has 1 heterocycles. The second-order valence-corrected chi connectivity index (χ2v) is 9.68. The number of carboxylic acids is 1. The molecule has 0 radical (unpaired) electrons. The number of imidazole rings is 1. The minimum Gasteiger partial charge on any atom is -0.496 e. The number of anilines is 2. The summed E-state index contributed by atoms with van der Waals surface area (Å²) in [6.07, 6.45) is 5.21. The maximum Gasteiger partial charge on any atom is 0.303 e. The van der Waals surface area contributed by atoms with Gasteiger partial charge in [-0.3, -0.25) is 4.79 Å². The van der Waals surface area contributed by atoms with Crippen molar-refractivity contribution in [1.82, 2.24) is 9.55 Å². The van der Waals surface area contributed by atoms with Gasteiger partial charge in [0.2, 0.25) is 5.95 Å². The summed E-state index contributed by atoms with van der Waals surface area (Å²) >= 11 is 0. The van der Waals surface area contributed by atoms with Gasteiger partial charge >= 0.3 is 5.97 Å². The first-order valence-electron chi connectivity index (χ1n) is 12.0. The molecule has 4 rings (SSSR count). The van der Waals surface area contributed by atoms with Crippen molar-refractivity contribution >= 4 is 28.6 Å². The number of carbonyl (C=O) groups is 1. The third-order valence-corrected chi connectivity index (χ3v) is 6.81. The molecule has 1 aromatic heterocycles. The van der Waals surface area contributed by atoms with E-state index in [0.717, 1.165) is 46.8 Å². The highest BCUT2D eigenvalue weighted by atomic mass is 16.5. The van der Waals surface area contributed by atoms with Gasteiger partial charge in [0, 0.05) is 24.2 Å². The molecule has 2 atom stereocenters. The van der Waals surface area contributed by atoms with E-state index in [1.54, 1.807) is 7.11 Å². The molecule has 0 aliphatic heterocycles. The van der Waals surface area contributed by atoms with Gasteiger partial charge in [-0.25, -0.2) is 4.98 Å². The molecule has 1 aliphatic carbocycles. The van der Waals surface area contributed by atoms with Gasteiger partial charge in [-0.1, -0.05) is 45.7 Å². The summed E-state index contributed by atoms with van der Waals surface area (Å²) in [6.45, 7) is 6.72. The average molecular weight is 450 g/mol. The van der Waals surface area contributed by atoms with Crippen LogP contribution in [0.5, 0.6) is 5.75 Å². The van der Waals surface area contributed by atoms with Crippen molar-refractivity contribution < 1.29 is 14.6 Å². The van der Waals surface area contributed by atoms with Crippen molar-refractivity contribution in [3.63, 3.8) is 0 Å². The van der Waals surface area contributed by atoms with Crippen molar-refractivity contribution in [1.29, 1.82) is 0 Å². The number of rotatable bonds is 8. The molecule has 1 saturated carbocycles. The van der Waals surface area contributed by atoms with Crippen molar-refractivity contribution in [2.45, 2.75) is 71.3 Å². The molecule has 0 spiro atoms. The fraction of sp³-hybridized carbons (Fsp3) is 0.481. The fourth-order valence-electron chi connectivity index (χ4n) is 4.97. The lowest BCUT2D eigenvalue weighted by Gasteiger charge is -2.29. The molecule has 1 aliphatic rings. The second-order valence-electron chi connectivity index (χ2n) is 9.68. The number of aliphatic carboxylic acids is 1. The number of hydrogen-bond acceptors (Lipinski definition) is 4. The van der Waals surface area contributed by atoms with Crippen LogP contribution in [0.1, 0.15) is 76.0 Å². The maximum atomic E-state index is 11.1. The van der Waals surface area contributed by atoms with Crippen molar-refractivity contribution in [3.05, 3.63) is 47.5 Å². The molecule has 3 aromatic rings. The topological polar surface area (TPSA) is 76.4 Å². The lowest BCUT2D eigenvalue weighted by Crippen LogP contribution is -2.19. The molecular weight excluding hydrogens is 414 g/mol. The van der Waals surface area contributed by atoms with E-state index in [-0.39, 0.29) is 6.42 Å². The largest absolute Gasteiger partial charge is 0.496 e. The zero-order valence-electron chi connectivity index (χ0n) is 20.1. The first-order valence-corrected chi connectivity index (χ1v) is 12.0. The van der Waals surface area contributed by atoms with E-state index in [1.807, 2.05) is 12.1 Å². The molecule has 0 bridgehead atoms. The van der Waals surface area contributed by atoms with E-state index < -0.39 is 5.97 Å². The molecule has 6 heteroatoms. The average Bonchev–Trinajstić information content (AvgIpc) is 3.13. The lowest BCUT2D eigenvalue weighted by molar-refractivity contribution is -0.136. The van der Waals surface area contributed by atoms with Crippen molar-refractivity contribution in [2.75, 3.05) is 12.4 Å². The second kappa shape index (κ2) is 9.86. The SMILES string of the molecule is COc1cc2c(cc1CCC(=O)O)nc(Nc1ccc(C(C)C)cc1)n2[C@H]1CCCC(C)C1. The Bertz CT molecular complexity index is 1120. The van der Waals surface area contributed by atoms with Gasteiger partial charge in [-0.2, -0.15) is 0 Å². The summed E-state index contributed by atoms with van der Waals surface area (Å²) in [5, 5.41) is 12.7. The highest BCUT2D eigenvalue weighted by molar-refractivity contribution is 5.83. The van der Waals surface area contributed by atoms with Gasteiger partial charge in [-0.05, 0) is 60.4 Å². The summed E-state index contributed by atoms with van der Waals surface area (Å²) in [5.74, 6) is 1.91. The van der Waals surface area contributed by atoms with E-state index in [1.165, 1.54) is 18.4 Å². The smallest absolute Gasteiger partial charge is 0.303 e. The summed E-state index contributed by atoms with van der Waals surface area (Å²) in [5.41, 5.74) is 5.10. The minimum absolute atomic E-state index is 0.0655. The fourth-order valence-corrected chi connectivity index (χ4v) is 4.97. The summed E-state index contributed by atoms with van der Waals surface area (Å²) in [4.78, 5) is 16.1. The number of ether oxygens (including phenoxy) is 1. The molecule has 6 nitrogen and oxygen atoms in total. The molecule has 2 N–H and O–H groups in total. The van der Waals surface area contributed by atoms with Crippen LogP contribution < -0.4 is 10.1 Å². The zero-order chi connectivity index (χ0) is 23.5. The van der Waals surface area contributed by atoms with E-state index in [4.69, 9.17) is 14.8 Å². The number of fused-ring (bicyclic) bond motifs is 1. The van der Waals surface area contributed by atoms with Crippen molar-refractivity contribution in [3.8, 4) is 5.75 Å². The van der Waals surface area contributed by atoms with E-state index >= 15 is 0 Å². The summed E-state index contributed by atoms with van der Waals surface area (Å²) in [7, 11) is 1.64. The molecular formula is C27H35N3O3. The molecule has 1 fully saturated rings. The monoisotopic (exact) mass is 449 g/mol. The third-order valence-electron chi connectivity index (χ3n) is 6.81. The Morgan fingerprint density at radius 3 is 2.64 bits per heavy atom. The predicted octanol–water partition coefficient (Wildman–Crippen LogP) is 6.68. The zero-order valence-corrected chi connectivity index (χ0v) is 20.1. The summed E-state index contributed by atoms with van der Waals surface area (Å²) in [6, 6.07) is 12.9. The van der Waals surface area contributed by atoms with Gasteiger partial charge in [0.25, 0.3) is 0 Å². The number of benzene rings is 2. The Balaban J connectivity index is 1.77. The van der Waals surface area contributed by atoms with Crippen molar-refractivity contribution in [2.24, 2.45) is 5.92 Å². The maximum absolute atomic E-state index is 11.1. The number of aromatic nitrogens is 2. The molecule has 0 amide bonds. The van der Waals surface area contributed by atoms with E-state index in [2.05, 4.69) is 54.9 Å². The van der Waals surface area contributed by atoms with Gasteiger partial charge < -0.3 is 19.7 Å². The number of nitrogens with zero attached hydrogens (tertiary/aromatic N) is 2. The number of hydrogen-bond donors (Lipinski definition) is 2. The Labute approximate surface area is 196 Å². The van der Waals surface area contributed by atoms with E-state index in [9.17, 15) is 4.79 Å². The third kappa shape index (κ3) is 5.15. The van der Waals surface area contributed by atoms with E-state index in [0.29, 0.717) is 24.3 Å². The highest BCUT2D eigenvalue weighted by Gasteiger charge is 2.26. The van der Waals surface area contributed by atoms with Gasteiger partial charge in [0.1, 0.15) is 5.75 Å². The molecule has 2 aromatic carbocycles. The van der Waals surface area contributed by atoms with Crippen LogP contribution in [-0.2, 0) is 11.2 Å². The first kappa shape index (κ1) is 23.1. The Morgan fingerprint density at radius 2 is 2.00 bits per heavy atom. The van der Waals surface area contributed by atoms with Gasteiger partial charge in [-0.15, -0.1) is 0 Å². The number of carboxylic acid groups (broad SMARTS) is 1. The Morgan fingerprint density at radius 1 is 1.24 bits per heavy atom. The van der Waals surface area contributed by atoms with Crippen LogP contribution in [0.3, 0.4) is 0 Å². The Kier molecular flexibility index (Phi) is 6.91. The molecule has 33 heavy (non-hydrogen) atoms. The van der Waals surface area contributed by atoms with Crippen LogP contribution in [0.25, 0.3) is 11.0 Å². The predicted molar refractivity (Wildman–Crippen MR) is 133 cm³/mol. The molecule has 0 saturated heterocycles. The van der Waals surface area contributed by atoms with Gasteiger partial charge in [0.05, 0.1) is 18.1 Å². The Hall–Kier alpha value is -3.02. The number of aryl methyl sites for hydroxylation is 1. The van der Waals surface area contributed by atoms with Crippen LogP contribution in [0.2, 0.25) is 0 Å². The lowest BCUT2D eigenvalue weighted by atomic mass is 9.87. The van der Waals surface area contributed by atoms with Crippen LogP contribution >= 0.6 is 0 Å². The summed E-state index contributed by atoms with van der Waals surface area (Å²) < 4.78 is 8.00. The number of nitrogens with one attached hydrogen (secondary N) is 1.